The van der Waals surface area contributed by atoms with Gasteiger partial charge in [-0.05, 0) is 23.6 Å². The molecular formula is C16H16Cl2N4. The van der Waals surface area contributed by atoms with Crippen LogP contribution in [0.15, 0.2) is 30.3 Å². The van der Waals surface area contributed by atoms with Gasteiger partial charge in [-0.25, -0.2) is 9.97 Å². The predicted octanol–water partition coefficient (Wildman–Crippen LogP) is 4.52. The van der Waals surface area contributed by atoms with E-state index in [9.17, 15) is 0 Å². The highest BCUT2D eigenvalue weighted by atomic mass is 35.5. The van der Waals surface area contributed by atoms with Gasteiger partial charge in [0.2, 0.25) is 5.28 Å². The Balaban J connectivity index is 2.11. The van der Waals surface area contributed by atoms with Crippen LogP contribution in [0, 0.1) is 0 Å². The zero-order chi connectivity index (χ0) is 15.5. The second-order valence-electron chi connectivity index (χ2n) is 5.16. The Hall–Kier alpha value is -1.65. The maximum absolute atomic E-state index is 6.17. The average molecular weight is 335 g/mol. The van der Waals surface area contributed by atoms with Gasteiger partial charge >= 0.3 is 0 Å². The Morgan fingerprint density at radius 3 is 2.55 bits per heavy atom. The zero-order valence-corrected chi connectivity index (χ0v) is 13.8. The number of nitrogens with zero attached hydrogens (tertiary/aromatic N) is 4. The summed E-state index contributed by atoms with van der Waals surface area (Å²) in [6.45, 7) is 2.86. The van der Waals surface area contributed by atoms with Crippen molar-refractivity contribution in [2.75, 3.05) is 0 Å². The first-order valence-corrected chi connectivity index (χ1v) is 8.06. The van der Waals surface area contributed by atoms with Crippen LogP contribution in [0.1, 0.15) is 31.2 Å². The largest absolute Gasteiger partial charge is 0.308 e. The molecule has 2 heterocycles. The summed E-state index contributed by atoms with van der Waals surface area (Å²) in [4.78, 5) is 13.0. The second-order valence-corrected chi connectivity index (χ2v) is 5.86. The summed E-state index contributed by atoms with van der Waals surface area (Å²) in [6, 6.07) is 10.2. The first-order valence-electron chi connectivity index (χ1n) is 7.31. The molecule has 0 fully saturated rings. The van der Waals surface area contributed by atoms with E-state index in [4.69, 9.17) is 23.2 Å². The maximum Gasteiger partial charge on any atom is 0.225 e. The Morgan fingerprint density at radius 2 is 1.82 bits per heavy atom. The lowest BCUT2D eigenvalue weighted by Crippen LogP contribution is -2.06. The molecule has 0 amide bonds. The number of aryl methyl sites for hydroxylation is 1. The number of imidazole rings is 1. The van der Waals surface area contributed by atoms with Crippen LogP contribution in [0.2, 0.25) is 10.4 Å². The van der Waals surface area contributed by atoms with Crippen LogP contribution in [-0.2, 0) is 13.0 Å². The molecule has 2 aromatic heterocycles. The molecule has 0 saturated heterocycles. The van der Waals surface area contributed by atoms with Crippen LogP contribution in [0.5, 0.6) is 0 Å². The van der Waals surface area contributed by atoms with Crippen molar-refractivity contribution in [1.82, 2.24) is 19.5 Å². The Kier molecular flexibility index (Phi) is 4.60. The van der Waals surface area contributed by atoms with Crippen LogP contribution in [0.4, 0.5) is 0 Å². The molecule has 0 spiro atoms. The minimum absolute atomic E-state index is 0.147. The molecule has 0 aliphatic heterocycles. The lowest BCUT2D eigenvalue weighted by molar-refractivity contribution is 0.686. The van der Waals surface area contributed by atoms with Crippen molar-refractivity contribution >= 4 is 34.4 Å². The molecule has 3 aromatic rings. The molecule has 0 atom stereocenters. The van der Waals surface area contributed by atoms with E-state index in [2.05, 4.69) is 38.6 Å². The highest BCUT2D eigenvalue weighted by molar-refractivity contribution is 6.35. The van der Waals surface area contributed by atoms with Gasteiger partial charge in [0, 0.05) is 6.42 Å². The average Bonchev–Trinajstić information content (AvgIpc) is 2.85. The van der Waals surface area contributed by atoms with Crippen LogP contribution < -0.4 is 0 Å². The molecular weight excluding hydrogens is 319 g/mol. The number of benzene rings is 1. The van der Waals surface area contributed by atoms with Gasteiger partial charge in [0.1, 0.15) is 11.3 Å². The first-order chi connectivity index (χ1) is 10.7. The van der Waals surface area contributed by atoms with E-state index in [0.29, 0.717) is 22.9 Å². The smallest absolute Gasteiger partial charge is 0.225 e. The van der Waals surface area contributed by atoms with Crippen LogP contribution in [0.3, 0.4) is 0 Å². The monoisotopic (exact) mass is 334 g/mol. The fourth-order valence-corrected chi connectivity index (χ4v) is 2.86. The van der Waals surface area contributed by atoms with E-state index < -0.39 is 0 Å². The topological polar surface area (TPSA) is 43.6 Å². The maximum atomic E-state index is 6.17. The van der Waals surface area contributed by atoms with E-state index in [1.54, 1.807) is 0 Å². The van der Waals surface area contributed by atoms with Crippen molar-refractivity contribution in [2.45, 2.75) is 32.7 Å². The third kappa shape index (κ3) is 3.08. The highest BCUT2D eigenvalue weighted by Crippen LogP contribution is 2.24. The van der Waals surface area contributed by atoms with Crippen LogP contribution in [-0.4, -0.2) is 19.5 Å². The molecule has 4 nitrogen and oxygen atoms in total. The molecule has 3 rings (SSSR count). The summed E-state index contributed by atoms with van der Waals surface area (Å²) in [6.07, 6.45) is 3.05. The quantitative estimate of drug-likeness (QED) is 0.508. The van der Waals surface area contributed by atoms with Crippen LogP contribution in [0.25, 0.3) is 11.2 Å². The summed E-state index contributed by atoms with van der Waals surface area (Å²) in [5, 5.41) is 0.452. The first kappa shape index (κ1) is 15.3. The summed E-state index contributed by atoms with van der Waals surface area (Å²) < 4.78 is 2.08. The molecule has 0 bridgehead atoms. The highest BCUT2D eigenvalue weighted by Gasteiger charge is 2.16. The van der Waals surface area contributed by atoms with Gasteiger partial charge < -0.3 is 4.57 Å². The number of unbranched alkanes of at least 4 members (excludes halogenated alkanes) is 1. The van der Waals surface area contributed by atoms with Gasteiger partial charge in [0.25, 0.3) is 0 Å². The van der Waals surface area contributed by atoms with E-state index in [1.807, 2.05) is 18.2 Å². The van der Waals surface area contributed by atoms with Gasteiger partial charge in [0.05, 0.1) is 6.54 Å². The van der Waals surface area contributed by atoms with Crippen LogP contribution >= 0.6 is 23.2 Å². The lowest BCUT2D eigenvalue weighted by Gasteiger charge is -2.08. The summed E-state index contributed by atoms with van der Waals surface area (Å²) in [5.41, 5.74) is 2.50. The molecule has 0 radical (unpaired) electrons. The van der Waals surface area contributed by atoms with Gasteiger partial charge in [0.15, 0.2) is 10.8 Å². The van der Waals surface area contributed by atoms with E-state index in [0.717, 1.165) is 25.1 Å². The van der Waals surface area contributed by atoms with Crippen molar-refractivity contribution in [2.24, 2.45) is 0 Å². The molecule has 0 N–H and O–H groups in total. The number of hydrogen-bond donors (Lipinski definition) is 0. The summed E-state index contributed by atoms with van der Waals surface area (Å²) >= 11 is 12.1. The summed E-state index contributed by atoms with van der Waals surface area (Å²) in [5.74, 6) is 0.971. The van der Waals surface area contributed by atoms with Crippen molar-refractivity contribution < 1.29 is 0 Å². The Morgan fingerprint density at radius 1 is 1.05 bits per heavy atom. The van der Waals surface area contributed by atoms with E-state index >= 15 is 0 Å². The standard InChI is InChI=1S/C16H16Cl2N4/c1-2-3-9-12-19-13-14(17)20-16(18)21-15(13)22(12)10-11-7-5-4-6-8-11/h4-8H,2-3,9-10H2,1H3. The molecule has 22 heavy (non-hydrogen) atoms. The van der Waals surface area contributed by atoms with Crippen molar-refractivity contribution in [3.05, 3.63) is 52.2 Å². The van der Waals surface area contributed by atoms with Gasteiger partial charge in [-0.3, -0.25) is 0 Å². The molecule has 6 heteroatoms. The molecule has 0 saturated carbocycles. The molecule has 114 valence electrons. The van der Waals surface area contributed by atoms with Crippen molar-refractivity contribution in [1.29, 1.82) is 0 Å². The minimum atomic E-state index is 0.147. The van der Waals surface area contributed by atoms with Crippen molar-refractivity contribution in [3.63, 3.8) is 0 Å². The fourth-order valence-electron chi connectivity index (χ4n) is 2.45. The zero-order valence-electron chi connectivity index (χ0n) is 12.3. The van der Waals surface area contributed by atoms with Gasteiger partial charge in [-0.15, -0.1) is 0 Å². The Labute approximate surface area is 139 Å². The molecule has 1 aromatic carbocycles. The number of aromatic nitrogens is 4. The predicted molar refractivity (Wildman–Crippen MR) is 89.5 cm³/mol. The van der Waals surface area contributed by atoms with Gasteiger partial charge in [-0.1, -0.05) is 55.3 Å². The normalized spacial score (nSPS) is 11.2. The third-order valence-electron chi connectivity index (χ3n) is 3.54. The van der Waals surface area contributed by atoms with Gasteiger partial charge in [-0.2, -0.15) is 4.98 Å². The molecule has 0 unspecified atom stereocenters. The number of rotatable bonds is 5. The van der Waals surface area contributed by atoms with Crippen molar-refractivity contribution in [3.8, 4) is 0 Å². The van der Waals surface area contributed by atoms with E-state index in [1.165, 1.54) is 5.56 Å². The Bertz CT molecular complexity index is 784. The minimum Gasteiger partial charge on any atom is -0.308 e. The molecule has 0 aliphatic rings. The van der Waals surface area contributed by atoms with E-state index in [-0.39, 0.29) is 5.28 Å². The number of halogens is 2. The summed E-state index contributed by atoms with van der Waals surface area (Å²) in [7, 11) is 0. The number of hydrogen-bond acceptors (Lipinski definition) is 3. The SMILES string of the molecule is CCCCc1nc2c(Cl)nc(Cl)nc2n1Cc1ccccc1. The number of fused-ring (bicyclic) bond motifs is 1. The molecule has 0 aliphatic carbocycles. The second kappa shape index (κ2) is 6.63. The lowest BCUT2D eigenvalue weighted by atomic mass is 10.2. The third-order valence-corrected chi connectivity index (χ3v) is 3.97. The fraction of sp³-hybridized carbons (Fsp3) is 0.312.